The highest BCUT2D eigenvalue weighted by Crippen LogP contribution is 2.33. The number of para-hydroxylation sites is 1. The summed E-state index contributed by atoms with van der Waals surface area (Å²) in [6, 6.07) is 7.30. The SMILES string of the molecule is CCOC(=O)c1c(NC(=O)CO/N=C\c2ccccc2OC)sc(C)c1C. The van der Waals surface area contributed by atoms with Crippen LogP contribution in [0.1, 0.15) is 33.3 Å². The molecule has 1 heterocycles. The number of nitrogens with one attached hydrogen (secondary N) is 1. The third-order valence-corrected chi connectivity index (χ3v) is 4.84. The predicted molar refractivity (Wildman–Crippen MR) is 105 cm³/mol. The maximum absolute atomic E-state index is 12.1. The lowest BCUT2D eigenvalue weighted by Crippen LogP contribution is -2.18. The first-order valence-corrected chi connectivity index (χ1v) is 9.14. The number of esters is 1. The van der Waals surface area contributed by atoms with Gasteiger partial charge in [-0.2, -0.15) is 0 Å². The zero-order valence-electron chi connectivity index (χ0n) is 15.7. The quantitative estimate of drug-likeness (QED) is 0.423. The Morgan fingerprint density at radius 1 is 1.26 bits per heavy atom. The van der Waals surface area contributed by atoms with Crippen molar-refractivity contribution in [1.29, 1.82) is 0 Å². The average molecular weight is 390 g/mol. The lowest BCUT2D eigenvalue weighted by Gasteiger charge is -2.06. The van der Waals surface area contributed by atoms with E-state index in [9.17, 15) is 9.59 Å². The minimum atomic E-state index is -0.454. The number of hydrogen-bond donors (Lipinski definition) is 1. The normalized spacial score (nSPS) is 10.7. The molecule has 2 aromatic rings. The summed E-state index contributed by atoms with van der Waals surface area (Å²) in [5, 5.41) is 6.93. The summed E-state index contributed by atoms with van der Waals surface area (Å²) in [6.07, 6.45) is 1.47. The number of nitrogens with zero attached hydrogens (tertiary/aromatic N) is 1. The Morgan fingerprint density at radius 3 is 2.70 bits per heavy atom. The van der Waals surface area contributed by atoms with Crippen molar-refractivity contribution in [3.63, 3.8) is 0 Å². The summed E-state index contributed by atoms with van der Waals surface area (Å²) in [6.45, 7) is 5.41. The number of carbonyl (C=O) groups excluding carboxylic acids is 2. The molecule has 0 aliphatic rings. The number of thiophene rings is 1. The molecule has 27 heavy (non-hydrogen) atoms. The van der Waals surface area contributed by atoms with Gasteiger partial charge in [0.15, 0.2) is 6.61 Å². The van der Waals surface area contributed by atoms with E-state index in [0.717, 1.165) is 16.0 Å². The van der Waals surface area contributed by atoms with Gasteiger partial charge in [0.2, 0.25) is 0 Å². The molecule has 0 radical (unpaired) electrons. The largest absolute Gasteiger partial charge is 0.496 e. The molecular weight excluding hydrogens is 368 g/mol. The minimum absolute atomic E-state index is 0.265. The number of oxime groups is 1. The third kappa shape index (κ3) is 5.30. The molecule has 1 aromatic carbocycles. The van der Waals surface area contributed by atoms with Crippen LogP contribution < -0.4 is 10.1 Å². The zero-order chi connectivity index (χ0) is 19.8. The van der Waals surface area contributed by atoms with Gasteiger partial charge in [0.1, 0.15) is 10.8 Å². The van der Waals surface area contributed by atoms with E-state index in [1.807, 2.05) is 32.0 Å². The standard InChI is InChI=1S/C19H22N2O5S/c1-5-25-19(23)17-12(2)13(3)27-18(17)21-16(22)11-26-20-10-14-8-6-7-9-15(14)24-4/h6-10H,5,11H2,1-4H3,(H,21,22)/b20-10-. The van der Waals surface area contributed by atoms with Gasteiger partial charge in [-0.25, -0.2) is 4.79 Å². The van der Waals surface area contributed by atoms with Gasteiger partial charge in [0, 0.05) is 10.4 Å². The first kappa shape index (κ1) is 20.4. The molecular formula is C19H22N2O5S. The second-order valence-corrected chi connectivity index (χ2v) is 6.73. The minimum Gasteiger partial charge on any atom is -0.496 e. The Balaban J connectivity index is 1.97. The summed E-state index contributed by atoms with van der Waals surface area (Å²) in [4.78, 5) is 30.2. The van der Waals surface area contributed by atoms with E-state index in [-0.39, 0.29) is 13.2 Å². The van der Waals surface area contributed by atoms with Crippen molar-refractivity contribution < 1.29 is 23.9 Å². The van der Waals surface area contributed by atoms with Crippen molar-refractivity contribution >= 4 is 34.4 Å². The summed E-state index contributed by atoms with van der Waals surface area (Å²) in [5.41, 5.74) is 1.91. The molecule has 0 aliphatic heterocycles. The fourth-order valence-corrected chi connectivity index (χ4v) is 3.35. The smallest absolute Gasteiger partial charge is 0.341 e. The van der Waals surface area contributed by atoms with E-state index in [1.165, 1.54) is 17.6 Å². The Hall–Kier alpha value is -2.87. The van der Waals surface area contributed by atoms with Crippen LogP contribution in [0.25, 0.3) is 0 Å². The van der Waals surface area contributed by atoms with E-state index < -0.39 is 11.9 Å². The van der Waals surface area contributed by atoms with Gasteiger partial charge in [-0.15, -0.1) is 11.3 Å². The number of ether oxygens (including phenoxy) is 2. The summed E-state index contributed by atoms with van der Waals surface area (Å²) in [5.74, 6) is -0.221. The van der Waals surface area contributed by atoms with Gasteiger partial charge >= 0.3 is 5.97 Å². The number of rotatable bonds is 8. The fraction of sp³-hybridized carbons (Fsp3) is 0.316. The average Bonchev–Trinajstić information content (AvgIpc) is 2.92. The van der Waals surface area contributed by atoms with Gasteiger partial charge in [-0.1, -0.05) is 17.3 Å². The number of anilines is 1. The molecule has 0 saturated carbocycles. The van der Waals surface area contributed by atoms with Crippen LogP contribution in [-0.2, 0) is 14.4 Å². The molecule has 7 nitrogen and oxygen atoms in total. The first-order valence-electron chi connectivity index (χ1n) is 8.33. The molecule has 1 aromatic heterocycles. The van der Waals surface area contributed by atoms with E-state index in [2.05, 4.69) is 10.5 Å². The second-order valence-electron chi connectivity index (χ2n) is 5.51. The molecule has 0 spiro atoms. The Kier molecular flexibility index (Phi) is 7.36. The maximum atomic E-state index is 12.1. The Morgan fingerprint density at radius 2 is 2.00 bits per heavy atom. The number of benzene rings is 1. The van der Waals surface area contributed by atoms with Crippen molar-refractivity contribution in [2.24, 2.45) is 5.16 Å². The molecule has 1 N–H and O–H groups in total. The van der Waals surface area contributed by atoms with Crippen LogP contribution in [0.2, 0.25) is 0 Å². The van der Waals surface area contributed by atoms with Crippen molar-refractivity contribution in [3.8, 4) is 5.75 Å². The second kappa shape index (κ2) is 9.72. The van der Waals surface area contributed by atoms with Crippen molar-refractivity contribution in [3.05, 3.63) is 45.8 Å². The summed E-state index contributed by atoms with van der Waals surface area (Å²) in [7, 11) is 1.56. The topological polar surface area (TPSA) is 86.2 Å². The van der Waals surface area contributed by atoms with Crippen molar-refractivity contribution in [1.82, 2.24) is 0 Å². The highest BCUT2D eigenvalue weighted by Gasteiger charge is 2.22. The molecule has 0 atom stereocenters. The molecule has 0 aliphatic carbocycles. The maximum Gasteiger partial charge on any atom is 0.341 e. The number of aryl methyl sites for hydroxylation is 1. The monoisotopic (exact) mass is 390 g/mol. The summed E-state index contributed by atoms with van der Waals surface area (Å²) >= 11 is 1.32. The van der Waals surface area contributed by atoms with Gasteiger partial charge in [0.25, 0.3) is 5.91 Å². The van der Waals surface area contributed by atoms with Gasteiger partial charge in [-0.05, 0) is 38.5 Å². The number of amides is 1. The van der Waals surface area contributed by atoms with Crippen LogP contribution in [0.5, 0.6) is 5.75 Å². The zero-order valence-corrected chi connectivity index (χ0v) is 16.5. The highest BCUT2D eigenvalue weighted by molar-refractivity contribution is 7.16. The fourth-order valence-electron chi connectivity index (χ4n) is 2.29. The molecule has 144 valence electrons. The van der Waals surface area contributed by atoms with E-state index >= 15 is 0 Å². The van der Waals surface area contributed by atoms with E-state index in [0.29, 0.717) is 16.3 Å². The lowest BCUT2D eigenvalue weighted by molar-refractivity contribution is -0.120. The van der Waals surface area contributed by atoms with Crippen molar-refractivity contribution in [2.45, 2.75) is 20.8 Å². The van der Waals surface area contributed by atoms with Gasteiger partial charge < -0.3 is 19.6 Å². The lowest BCUT2D eigenvalue weighted by atomic mass is 10.1. The third-order valence-electron chi connectivity index (χ3n) is 3.72. The van der Waals surface area contributed by atoms with Crippen molar-refractivity contribution in [2.75, 3.05) is 25.6 Å². The number of hydrogen-bond acceptors (Lipinski definition) is 7. The van der Waals surface area contributed by atoms with Gasteiger partial charge in [-0.3, -0.25) is 4.79 Å². The highest BCUT2D eigenvalue weighted by atomic mass is 32.1. The van der Waals surface area contributed by atoms with Crippen LogP contribution in [0.15, 0.2) is 29.4 Å². The van der Waals surface area contributed by atoms with Crippen LogP contribution >= 0.6 is 11.3 Å². The molecule has 1 amide bonds. The van der Waals surface area contributed by atoms with Crippen LogP contribution in [-0.4, -0.2) is 38.4 Å². The van der Waals surface area contributed by atoms with Crippen LogP contribution in [0, 0.1) is 13.8 Å². The van der Waals surface area contributed by atoms with Crippen LogP contribution in [0.3, 0.4) is 0 Å². The summed E-state index contributed by atoms with van der Waals surface area (Å²) < 4.78 is 10.3. The van der Waals surface area contributed by atoms with E-state index in [1.54, 1.807) is 20.1 Å². The Labute approximate surface area is 161 Å². The van der Waals surface area contributed by atoms with Crippen LogP contribution in [0.4, 0.5) is 5.00 Å². The Bertz CT molecular complexity index is 845. The number of methoxy groups -OCH3 is 1. The molecule has 8 heteroatoms. The number of carbonyl (C=O) groups is 2. The first-order chi connectivity index (χ1) is 13.0. The molecule has 0 unspecified atom stereocenters. The molecule has 2 rings (SSSR count). The van der Waals surface area contributed by atoms with E-state index in [4.69, 9.17) is 14.3 Å². The van der Waals surface area contributed by atoms with Gasteiger partial charge in [0.05, 0.1) is 25.5 Å². The molecule has 0 saturated heterocycles. The predicted octanol–water partition coefficient (Wildman–Crippen LogP) is 3.54. The molecule has 0 fully saturated rings. The molecule has 0 bridgehead atoms.